The van der Waals surface area contributed by atoms with Gasteiger partial charge in [0.1, 0.15) is 0 Å². The van der Waals surface area contributed by atoms with Crippen LogP contribution in [0.25, 0.3) is 21.8 Å². The second-order valence-corrected chi connectivity index (χ2v) is 12.8. The van der Waals surface area contributed by atoms with Crippen molar-refractivity contribution in [1.82, 2.24) is 20.6 Å². The number of rotatable bonds is 9. The zero-order valence-corrected chi connectivity index (χ0v) is 25.0. The standard InChI is InChI=1S/C32H34N4O4S2/c37-31(35-19-21-7-1-3-17-39-21)25-13-15-33-29-23(25)9-5-11-27(29)41-42-28-12-6-10-24-26(14-16-34-30(24)28)32(38)36-20-22-8-2-4-18-40-22/h5-6,9-16,21-22H,1-4,7-8,17-20H2,(H,35,37)(H,36,38). The van der Waals surface area contributed by atoms with Gasteiger partial charge in [0.25, 0.3) is 11.8 Å². The third kappa shape index (κ3) is 6.72. The van der Waals surface area contributed by atoms with Crippen LogP contribution in [0, 0.1) is 0 Å². The molecule has 10 heteroatoms. The van der Waals surface area contributed by atoms with Gasteiger partial charge in [-0.1, -0.05) is 45.9 Å². The van der Waals surface area contributed by atoms with Gasteiger partial charge >= 0.3 is 0 Å². The monoisotopic (exact) mass is 602 g/mol. The number of hydrogen-bond donors (Lipinski definition) is 2. The number of fused-ring (bicyclic) bond motifs is 2. The van der Waals surface area contributed by atoms with E-state index in [1.165, 1.54) is 0 Å². The third-order valence-electron chi connectivity index (χ3n) is 7.71. The first-order valence-corrected chi connectivity index (χ1v) is 16.7. The molecule has 2 atom stereocenters. The molecule has 6 rings (SSSR count). The minimum Gasteiger partial charge on any atom is -0.376 e. The number of carbonyl (C=O) groups excluding carboxylic acids is 2. The van der Waals surface area contributed by atoms with Crippen molar-refractivity contribution in [2.45, 2.75) is 60.5 Å². The minimum atomic E-state index is -0.120. The summed E-state index contributed by atoms with van der Waals surface area (Å²) in [7, 11) is 3.13. The Kier molecular flexibility index (Phi) is 9.54. The Labute approximate surface area is 253 Å². The van der Waals surface area contributed by atoms with E-state index in [0.717, 1.165) is 83.3 Å². The molecule has 0 spiro atoms. The normalized spacial score (nSPS) is 19.0. The molecule has 42 heavy (non-hydrogen) atoms. The van der Waals surface area contributed by atoms with Gasteiger partial charge in [-0.25, -0.2) is 0 Å². The number of carbonyl (C=O) groups is 2. The van der Waals surface area contributed by atoms with Gasteiger partial charge < -0.3 is 20.1 Å². The lowest BCUT2D eigenvalue weighted by Gasteiger charge is -2.22. The molecule has 2 aromatic carbocycles. The van der Waals surface area contributed by atoms with Crippen LogP contribution in [0.2, 0.25) is 0 Å². The number of aromatic nitrogens is 2. The Morgan fingerprint density at radius 1 is 0.690 bits per heavy atom. The van der Waals surface area contributed by atoms with Gasteiger partial charge in [-0.3, -0.25) is 19.6 Å². The smallest absolute Gasteiger partial charge is 0.252 e. The second kappa shape index (κ2) is 13.9. The fourth-order valence-electron chi connectivity index (χ4n) is 5.46. The summed E-state index contributed by atoms with van der Waals surface area (Å²) in [4.78, 5) is 37.4. The molecule has 4 aromatic rings. The van der Waals surface area contributed by atoms with Crippen LogP contribution in [0.15, 0.2) is 70.7 Å². The molecule has 0 radical (unpaired) electrons. The summed E-state index contributed by atoms with van der Waals surface area (Å²) in [5, 5.41) is 7.71. The van der Waals surface area contributed by atoms with Gasteiger partial charge in [-0.2, -0.15) is 0 Å². The number of para-hydroxylation sites is 2. The molecular weight excluding hydrogens is 569 g/mol. The molecule has 4 heterocycles. The predicted molar refractivity (Wildman–Crippen MR) is 167 cm³/mol. The van der Waals surface area contributed by atoms with Crippen molar-refractivity contribution in [3.05, 3.63) is 72.1 Å². The first-order valence-electron chi connectivity index (χ1n) is 14.6. The highest BCUT2D eigenvalue weighted by Gasteiger charge is 2.19. The predicted octanol–water partition coefficient (Wildman–Crippen LogP) is 6.18. The van der Waals surface area contributed by atoms with Crippen LogP contribution in [0.3, 0.4) is 0 Å². The van der Waals surface area contributed by atoms with Gasteiger partial charge in [0, 0.05) is 59.3 Å². The highest BCUT2D eigenvalue weighted by atomic mass is 33.1. The molecule has 8 nitrogen and oxygen atoms in total. The van der Waals surface area contributed by atoms with Crippen LogP contribution in [-0.4, -0.2) is 60.3 Å². The van der Waals surface area contributed by atoms with Crippen molar-refractivity contribution in [3.63, 3.8) is 0 Å². The van der Waals surface area contributed by atoms with E-state index in [1.54, 1.807) is 46.1 Å². The minimum absolute atomic E-state index is 0.0742. The number of hydrogen-bond acceptors (Lipinski definition) is 8. The van der Waals surface area contributed by atoms with Crippen LogP contribution >= 0.6 is 21.6 Å². The fourth-order valence-corrected chi connectivity index (χ4v) is 7.74. The molecule has 0 bridgehead atoms. The summed E-state index contributed by atoms with van der Waals surface area (Å²) in [6.45, 7) is 2.53. The molecule has 2 aliphatic rings. The van der Waals surface area contributed by atoms with Crippen molar-refractivity contribution in [1.29, 1.82) is 0 Å². The largest absolute Gasteiger partial charge is 0.376 e. The number of ether oxygens (including phenoxy) is 2. The van der Waals surface area contributed by atoms with Crippen molar-refractivity contribution < 1.29 is 19.1 Å². The average molecular weight is 603 g/mol. The zero-order chi connectivity index (χ0) is 28.7. The summed E-state index contributed by atoms with van der Waals surface area (Å²) in [6, 6.07) is 15.3. The number of nitrogens with one attached hydrogen (secondary N) is 2. The maximum atomic E-state index is 13.1. The lowest BCUT2D eigenvalue weighted by Crippen LogP contribution is -2.35. The number of amides is 2. The molecule has 2 aliphatic heterocycles. The van der Waals surface area contributed by atoms with E-state index >= 15 is 0 Å². The fraction of sp³-hybridized carbons (Fsp3) is 0.375. The first kappa shape index (κ1) is 28.9. The van der Waals surface area contributed by atoms with Gasteiger partial charge in [-0.15, -0.1) is 0 Å². The summed E-state index contributed by atoms with van der Waals surface area (Å²) in [6.07, 6.45) is 9.90. The summed E-state index contributed by atoms with van der Waals surface area (Å²) in [5.41, 5.74) is 2.75. The quantitative estimate of drug-likeness (QED) is 0.219. The van der Waals surface area contributed by atoms with Crippen molar-refractivity contribution in [2.24, 2.45) is 0 Å². The van der Waals surface area contributed by atoms with Crippen LogP contribution in [0.4, 0.5) is 0 Å². The van der Waals surface area contributed by atoms with E-state index in [1.807, 2.05) is 36.4 Å². The van der Waals surface area contributed by atoms with E-state index in [2.05, 4.69) is 20.6 Å². The van der Waals surface area contributed by atoms with E-state index in [9.17, 15) is 9.59 Å². The molecule has 218 valence electrons. The van der Waals surface area contributed by atoms with Crippen LogP contribution in [0.5, 0.6) is 0 Å². The number of nitrogens with zero attached hydrogens (tertiary/aromatic N) is 2. The average Bonchev–Trinajstić information content (AvgIpc) is 3.05. The highest BCUT2D eigenvalue weighted by Crippen LogP contribution is 2.42. The Morgan fingerprint density at radius 2 is 1.17 bits per heavy atom. The Bertz CT molecular complexity index is 1450. The highest BCUT2D eigenvalue weighted by molar-refractivity contribution is 8.76. The third-order valence-corrected chi connectivity index (χ3v) is 10.1. The van der Waals surface area contributed by atoms with Crippen molar-refractivity contribution >= 4 is 55.2 Å². The Morgan fingerprint density at radius 3 is 1.60 bits per heavy atom. The lowest BCUT2D eigenvalue weighted by atomic mass is 10.1. The molecule has 2 unspecified atom stereocenters. The molecule has 2 fully saturated rings. The second-order valence-electron chi connectivity index (χ2n) is 10.6. The number of pyridine rings is 2. The maximum Gasteiger partial charge on any atom is 0.252 e. The Balaban J connectivity index is 1.17. The summed E-state index contributed by atoms with van der Waals surface area (Å²) >= 11 is 0. The molecule has 2 amide bonds. The maximum absolute atomic E-state index is 13.1. The van der Waals surface area contributed by atoms with Crippen molar-refractivity contribution in [2.75, 3.05) is 26.3 Å². The summed E-state index contributed by atoms with van der Waals surface area (Å²) < 4.78 is 11.5. The topological polar surface area (TPSA) is 102 Å². The van der Waals surface area contributed by atoms with E-state index in [4.69, 9.17) is 9.47 Å². The van der Waals surface area contributed by atoms with E-state index in [-0.39, 0.29) is 24.0 Å². The van der Waals surface area contributed by atoms with Crippen LogP contribution in [0.1, 0.15) is 59.2 Å². The molecule has 2 N–H and O–H groups in total. The Hall–Kier alpha value is -3.18. The van der Waals surface area contributed by atoms with Gasteiger partial charge in [0.2, 0.25) is 0 Å². The van der Waals surface area contributed by atoms with Gasteiger partial charge in [0.15, 0.2) is 0 Å². The van der Waals surface area contributed by atoms with Gasteiger partial charge in [-0.05, 0) is 62.8 Å². The molecule has 2 aromatic heterocycles. The van der Waals surface area contributed by atoms with E-state index in [0.29, 0.717) is 24.2 Å². The van der Waals surface area contributed by atoms with E-state index < -0.39 is 0 Å². The van der Waals surface area contributed by atoms with Gasteiger partial charge in [0.05, 0.1) is 34.4 Å². The molecule has 0 aliphatic carbocycles. The molecule has 0 saturated carbocycles. The van der Waals surface area contributed by atoms with Crippen LogP contribution < -0.4 is 10.6 Å². The summed E-state index contributed by atoms with van der Waals surface area (Å²) in [5.74, 6) is -0.240. The zero-order valence-electron chi connectivity index (χ0n) is 23.3. The number of benzene rings is 2. The lowest BCUT2D eigenvalue weighted by molar-refractivity contribution is 0.0169. The molecular formula is C32H34N4O4S2. The molecule has 2 saturated heterocycles. The SMILES string of the molecule is O=C(NCC1CCCCO1)c1ccnc2c(SSc3cccc4c(C(=O)NCC5CCCCO5)ccnc34)cccc12. The van der Waals surface area contributed by atoms with Crippen molar-refractivity contribution in [3.8, 4) is 0 Å². The first-order chi connectivity index (χ1) is 20.7. The van der Waals surface area contributed by atoms with Crippen LogP contribution in [-0.2, 0) is 9.47 Å².